The van der Waals surface area contributed by atoms with E-state index in [0.717, 1.165) is 28.4 Å². The number of nitrogens with one attached hydrogen (secondary N) is 1. The van der Waals surface area contributed by atoms with Crippen LogP contribution in [0.3, 0.4) is 0 Å². The summed E-state index contributed by atoms with van der Waals surface area (Å²) >= 11 is 1.55. The van der Waals surface area contributed by atoms with Gasteiger partial charge in [-0.05, 0) is 19.8 Å². The molecule has 8 heteroatoms. The molecule has 1 unspecified atom stereocenters. The predicted molar refractivity (Wildman–Crippen MR) is 110 cm³/mol. The normalized spacial score (nSPS) is 16.0. The molecule has 0 aliphatic carbocycles. The van der Waals surface area contributed by atoms with Crippen molar-refractivity contribution >= 4 is 23.2 Å². The molecule has 0 spiro atoms. The van der Waals surface area contributed by atoms with Crippen molar-refractivity contribution in [2.45, 2.75) is 32.4 Å². The Kier molecular flexibility index (Phi) is 5.62. The van der Waals surface area contributed by atoms with Crippen molar-refractivity contribution < 1.29 is 9.59 Å². The number of hydrogen-bond donors (Lipinski definition) is 1. The third kappa shape index (κ3) is 4.32. The third-order valence-corrected chi connectivity index (χ3v) is 5.77. The minimum atomic E-state index is -0.488. The highest BCUT2D eigenvalue weighted by molar-refractivity contribution is 7.13. The first-order valence-corrected chi connectivity index (χ1v) is 10.4. The molecule has 3 aromatic rings. The van der Waals surface area contributed by atoms with Crippen LogP contribution in [-0.2, 0) is 11.3 Å². The molecule has 1 atom stereocenters. The number of amides is 2. The lowest BCUT2D eigenvalue weighted by Gasteiger charge is -2.23. The molecular weight excluding hydrogens is 386 g/mol. The Morgan fingerprint density at radius 2 is 2.03 bits per heavy atom. The highest BCUT2D eigenvalue weighted by Crippen LogP contribution is 2.23. The van der Waals surface area contributed by atoms with Crippen molar-refractivity contribution in [3.05, 3.63) is 65.2 Å². The maximum absolute atomic E-state index is 12.7. The average molecular weight is 407 g/mol. The number of carbonyl (C=O) groups excluding carboxylic acids is 2. The first kappa shape index (κ1) is 19.2. The van der Waals surface area contributed by atoms with Gasteiger partial charge in [-0.15, -0.1) is 11.3 Å². The van der Waals surface area contributed by atoms with Crippen molar-refractivity contribution in [2.75, 3.05) is 6.54 Å². The molecule has 1 saturated heterocycles. The van der Waals surface area contributed by atoms with Crippen molar-refractivity contribution in [1.29, 1.82) is 0 Å². The molecule has 148 valence electrons. The number of likely N-dealkylation sites (tertiary alicyclic amines) is 1. The van der Waals surface area contributed by atoms with Gasteiger partial charge in [0.25, 0.3) is 5.91 Å². The fourth-order valence-corrected chi connectivity index (χ4v) is 4.16. The topological polar surface area (TPSA) is 88.1 Å². The molecule has 4 rings (SSSR count). The van der Waals surface area contributed by atoms with Gasteiger partial charge in [-0.2, -0.15) is 0 Å². The lowest BCUT2D eigenvalue weighted by molar-refractivity contribution is -0.125. The molecular formula is C21H21N5O2S. The van der Waals surface area contributed by atoms with Gasteiger partial charge in [0.1, 0.15) is 16.7 Å². The van der Waals surface area contributed by atoms with Crippen molar-refractivity contribution in [1.82, 2.24) is 25.2 Å². The summed E-state index contributed by atoms with van der Waals surface area (Å²) in [6.45, 7) is 2.70. The van der Waals surface area contributed by atoms with E-state index in [9.17, 15) is 9.59 Å². The number of hydrogen-bond acceptors (Lipinski definition) is 6. The first-order valence-electron chi connectivity index (χ1n) is 9.49. The Balaban J connectivity index is 1.38. The first-order chi connectivity index (χ1) is 14.1. The van der Waals surface area contributed by atoms with Gasteiger partial charge in [0.2, 0.25) is 5.91 Å². The molecule has 1 aliphatic rings. The zero-order valence-electron chi connectivity index (χ0n) is 16.0. The van der Waals surface area contributed by atoms with Gasteiger partial charge in [-0.3, -0.25) is 14.6 Å². The summed E-state index contributed by atoms with van der Waals surface area (Å²) in [5.41, 5.74) is 2.88. The largest absolute Gasteiger partial charge is 0.349 e. The second-order valence-corrected chi connectivity index (χ2v) is 7.79. The smallest absolute Gasteiger partial charge is 0.274 e. The molecule has 2 aromatic heterocycles. The molecule has 0 radical (unpaired) electrons. The van der Waals surface area contributed by atoms with Crippen LogP contribution < -0.4 is 5.32 Å². The van der Waals surface area contributed by atoms with Crippen LogP contribution in [0.1, 0.15) is 34.7 Å². The Hall–Kier alpha value is -3.13. The molecule has 1 fully saturated rings. The lowest BCUT2D eigenvalue weighted by Crippen LogP contribution is -2.46. The quantitative estimate of drug-likeness (QED) is 0.703. The highest BCUT2D eigenvalue weighted by atomic mass is 32.1. The SMILES string of the molecule is Cc1cnc(C(=O)N2CCCC2C(=O)NCc2csc(-c3ccccc3)n2)cn1. The number of carbonyl (C=O) groups is 2. The summed E-state index contributed by atoms with van der Waals surface area (Å²) in [5, 5.41) is 5.79. The molecule has 1 aromatic carbocycles. The fraction of sp³-hybridized carbons (Fsp3) is 0.286. The summed E-state index contributed by atoms with van der Waals surface area (Å²) in [6.07, 6.45) is 4.46. The van der Waals surface area contributed by atoms with Crippen LogP contribution in [-0.4, -0.2) is 44.3 Å². The van der Waals surface area contributed by atoms with Gasteiger partial charge in [0.05, 0.1) is 24.1 Å². The zero-order chi connectivity index (χ0) is 20.2. The maximum atomic E-state index is 12.7. The van der Waals surface area contributed by atoms with Crippen LogP contribution in [0.25, 0.3) is 10.6 Å². The van der Waals surface area contributed by atoms with E-state index in [4.69, 9.17) is 0 Å². The number of thiazole rings is 1. The Bertz CT molecular complexity index is 1000. The van der Waals surface area contributed by atoms with E-state index in [-0.39, 0.29) is 17.5 Å². The van der Waals surface area contributed by atoms with E-state index in [2.05, 4.69) is 20.3 Å². The van der Waals surface area contributed by atoms with Gasteiger partial charge in [0.15, 0.2) is 0 Å². The van der Waals surface area contributed by atoms with Gasteiger partial charge < -0.3 is 10.2 Å². The Labute approximate surface area is 172 Å². The summed E-state index contributed by atoms with van der Waals surface area (Å²) in [7, 11) is 0. The maximum Gasteiger partial charge on any atom is 0.274 e. The van der Waals surface area contributed by atoms with Gasteiger partial charge >= 0.3 is 0 Å². The van der Waals surface area contributed by atoms with E-state index in [1.807, 2.05) is 42.6 Å². The number of rotatable bonds is 5. The lowest BCUT2D eigenvalue weighted by atomic mass is 10.2. The summed E-state index contributed by atoms with van der Waals surface area (Å²) in [5.74, 6) is -0.416. The fourth-order valence-electron chi connectivity index (χ4n) is 3.33. The summed E-state index contributed by atoms with van der Waals surface area (Å²) < 4.78 is 0. The number of aromatic nitrogens is 3. The molecule has 1 aliphatic heterocycles. The Morgan fingerprint density at radius 3 is 2.79 bits per heavy atom. The van der Waals surface area contributed by atoms with E-state index in [1.54, 1.807) is 22.4 Å². The minimum Gasteiger partial charge on any atom is -0.349 e. The second-order valence-electron chi connectivity index (χ2n) is 6.93. The van der Waals surface area contributed by atoms with Crippen molar-refractivity contribution in [3.63, 3.8) is 0 Å². The molecule has 2 amide bonds. The van der Waals surface area contributed by atoms with Gasteiger partial charge in [-0.1, -0.05) is 30.3 Å². The van der Waals surface area contributed by atoms with Crippen LogP contribution >= 0.6 is 11.3 Å². The van der Waals surface area contributed by atoms with Gasteiger partial charge in [-0.25, -0.2) is 9.97 Å². The van der Waals surface area contributed by atoms with Crippen LogP contribution in [0.5, 0.6) is 0 Å². The monoisotopic (exact) mass is 407 g/mol. The number of aryl methyl sites for hydroxylation is 1. The van der Waals surface area contributed by atoms with Crippen LogP contribution in [0.2, 0.25) is 0 Å². The molecule has 29 heavy (non-hydrogen) atoms. The molecule has 1 N–H and O–H groups in total. The number of benzene rings is 1. The number of nitrogens with zero attached hydrogens (tertiary/aromatic N) is 4. The predicted octanol–water partition coefficient (Wildman–Crippen LogP) is 2.83. The van der Waals surface area contributed by atoms with Crippen LogP contribution in [0, 0.1) is 6.92 Å². The zero-order valence-corrected chi connectivity index (χ0v) is 16.9. The molecule has 7 nitrogen and oxygen atoms in total. The van der Waals surface area contributed by atoms with Crippen molar-refractivity contribution in [2.24, 2.45) is 0 Å². The van der Waals surface area contributed by atoms with Gasteiger partial charge in [0, 0.05) is 23.7 Å². The van der Waals surface area contributed by atoms with Crippen LogP contribution in [0.15, 0.2) is 48.1 Å². The highest BCUT2D eigenvalue weighted by Gasteiger charge is 2.35. The second kappa shape index (κ2) is 8.48. The minimum absolute atomic E-state index is 0.162. The molecule has 0 bridgehead atoms. The molecule has 3 heterocycles. The Morgan fingerprint density at radius 1 is 1.21 bits per heavy atom. The van der Waals surface area contributed by atoms with Crippen molar-refractivity contribution in [3.8, 4) is 10.6 Å². The average Bonchev–Trinajstić information content (AvgIpc) is 3.43. The van der Waals surface area contributed by atoms with E-state index in [1.165, 1.54) is 6.20 Å². The van der Waals surface area contributed by atoms with E-state index < -0.39 is 6.04 Å². The summed E-state index contributed by atoms with van der Waals surface area (Å²) in [4.78, 5) is 39.9. The summed E-state index contributed by atoms with van der Waals surface area (Å²) in [6, 6.07) is 9.45. The standard InChI is InChI=1S/C21H21N5O2S/c1-14-10-23-17(12-22-14)21(28)26-9-5-8-18(26)19(27)24-11-16-13-29-20(25-16)15-6-3-2-4-7-15/h2-4,6-7,10,12-13,18H,5,8-9,11H2,1H3,(H,24,27). The molecule has 0 saturated carbocycles. The van der Waals surface area contributed by atoms with E-state index in [0.29, 0.717) is 19.5 Å². The van der Waals surface area contributed by atoms with E-state index >= 15 is 0 Å². The third-order valence-electron chi connectivity index (χ3n) is 4.83. The van der Waals surface area contributed by atoms with Crippen LogP contribution in [0.4, 0.5) is 0 Å².